The van der Waals surface area contributed by atoms with Crippen molar-refractivity contribution in [1.82, 2.24) is 14.5 Å². The predicted molar refractivity (Wildman–Crippen MR) is 94.8 cm³/mol. The molecule has 0 N–H and O–H groups in total. The number of hydrogen-bond donors (Lipinski definition) is 0. The summed E-state index contributed by atoms with van der Waals surface area (Å²) in [4.78, 5) is 22.4. The smallest absolute Gasteiger partial charge is 0.275 e. The molecule has 0 aliphatic rings. The Morgan fingerprint density at radius 1 is 1.17 bits per heavy atom. The second-order valence-corrected chi connectivity index (χ2v) is 6.72. The van der Waals surface area contributed by atoms with Crippen molar-refractivity contribution < 1.29 is 4.74 Å². The molecule has 0 bridgehead atoms. The molecule has 23 heavy (non-hydrogen) atoms. The zero-order valence-corrected chi connectivity index (χ0v) is 14.4. The summed E-state index contributed by atoms with van der Waals surface area (Å²) < 4.78 is 8.16. The predicted octanol–water partition coefficient (Wildman–Crippen LogP) is 3.77. The summed E-state index contributed by atoms with van der Waals surface area (Å²) in [5.41, 5.74) is 1.32. The molecule has 3 heterocycles. The Labute approximate surface area is 143 Å². The molecule has 4 aromatic rings. The van der Waals surface area contributed by atoms with E-state index in [1.807, 2.05) is 30.3 Å². The van der Waals surface area contributed by atoms with Gasteiger partial charge in [-0.25, -0.2) is 9.97 Å². The van der Waals surface area contributed by atoms with Crippen molar-refractivity contribution >= 4 is 47.7 Å². The normalized spacial score (nSPS) is 11.2. The van der Waals surface area contributed by atoms with Gasteiger partial charge in [0, 0.05) is 10.7 Å². The van der Waals surface area contributed by atoms with Gasteiger partial charge in [-0.05, 0) is 46.3 Å². The number of halogens is 1. The van der Waals surface area contributed by atoms with Gasteiger partial charge >= 0.3 is 0 Å². The summed E-state index contributed by atoms with van der Waals surface area (Å²) in [7, 11) is 1.61. The Bertz CT molecular complexity index is 1090. The van der Waals surface area contributed by atoms with Crippen LogP contribution in [-0.2, 0) is 0 Å². The second-order valence-electron chi connectivity index (χ2n) is 4.87. The number of hydrogen-bond acceptors (Lipinski definition) is 5. The number of aromatic nitrogens is 3. The second kappa shape index (κ2) is 5.43. The fraction of sp³-hybridized carbons (Fsp3) is 0.0625. The SMILES string of the molecule is COc1ccc(-n2cnc3c(sc4nccc(Br)c43)c2=O)cc1. The lowest BCUT2D eigenvalue weighted by Gasteiger charge is -2.06. The summed E-state index contributed by atoms with van der Waals surface area (Å²) in [5.74, 6) is 0.742. The van der Waals surface area contributed by atoms with Gasteiger partial charge in [-0.1, -0.05) is 0 Å². The van der Waals surface area contributed by atoms with Crippen LogP contribution in [0.5, 0.6) is 5.75 Å². The number of pyridine rings is 1. The van der Waals surface area contributed by atoms with Crippen molar-refractivity contribution in [2.45, 2.75) is 0 Å². The van der Waals surface area contributed by atoms with Crippen molar-refractivity contribution in [2.24, 2.45) is 0 Å². The van der Waals surface area contributed by atoms with E-state index in [-0.39, 0.29) is 5.56 Å². The number of ether oxygens (including phenoxy) is 1. The maximum absolute atomic E-state index is 12.8. The molecular formula is C16H10BrN3O2S. The number of rotatable bonds is 2. The lowest BCUT2D eigenvalue weighted by atomic mass is 10.3. The first-order chi connectivity index (χ1) is 11.2. The molecule has 0 fully saturated rings. The van der Waals surface area contributed by atoms with Gasteiger partial charge in [-0.2, -0.15) is 0 Å². The van der Waals surface area contributed by atoms with E-state index in [1.165, 1.54) is 15.9 Å². The third kappa shape index (κ3) is 2.24. The molecule has 3 aromatic heterocycles. The van der Waals surface area contributed by atoms with Gasteiger partial charge in [0.15, 0.2) is 0 Å². The Kier molecular flexibility index (Phi) is 3.39. The number of benzene rings is 1. The van der Waals surface area contributed by atoms with E-state index in [9.17, 15) is 4.79 Å². The highest BCUT2D eigenvalue weighted by molar-refractivity contribution is 9.10. The van der Waals surface area contributed by atoms with Crippen molar-refractivity contribution in [3.05, 3.63) is 57.7 Å². The molecule has 5 nitrogen and oxygen atoms in total. The van der Waals surface area contributed by atoms with E-state index in [0.29, 0.717) is 10.2 Å². The lowest BCUT2D eigenvalue weighted by molar-refractivity contribution is 0.414. The average Bonchev–Trinajstić information content (AvgIpc) is 2.96. The molecule has 0 aliphatic carbocycles. The third-order valence-corrected chi connectivity index (χ3v) is 5.32. The highest BCUT2D eigenvalue weighted by Gasteiger charge is 2.15. The first-order valence-electron chi connectivity index (χ1n) is 6.78. The van der Waals surface area contributed by atoms with E-state index >= 15 is 0 Å². The fourth-order valence-electron chi connectivity index (χ4n) is 2.44. The first-order valence-corrected chi connectivity index (χ1v) is 8.39. The van der Waals surface area contributed by atoms with Gasteiger partial charge in [-0.15, -0.1) is 11.3 Å². The molecule has 0 spiro atoms. The van der Waals surface area contributed by atoms with Crippen LogP contribution in [0.2, 0.25) is 0 Å². The minimum atomic E-state index is -0.102. The zero-order valence-electron chi connectivity index (χ0n) is 12.0. The topological polar surface area (TPSA) is 57.0 Å². The molecule has 1 aromatic carbocycles. The minimum absolute atomic E-state index is 0.102. The van der Waals surface area contributed by atoms with Gasteiger partial charge in [0.1, 0.15) is 21.6 Å². The summed E-state index contributed by atoms with van der Waals surface area (Å²) in [6.45, 7) is 0. The maximum atomic E-state index is 12.8. The minimum Gasteiger partial charge on any atom is -0.497 e. The number of methoxy groups -OCH3 is 1. The van der Waals surface area contributed by atoms with Crippen LogP contribution >= 0.6 is 27.3 Å². The monoisotopic (exact) mass is 387 g/mol. The highest BCUT2D eigenvalue weighted by Crippen LogP contribution is 2.33. The van der Waals surface area contributed by atoms with Crippen LogP contribution in [0.25, 0.3) is 26.1 Å². The van der Waals surface area contributed by atoms with Crippen LogP contribution in [0, 0.1) is 0 Å². The fourth-order valence-corrected chi connectivity index (χ4v) is 4.12. The molecule has 0 saturated carbocycles. The van der Waals surface area contributed by atoms with Gasteiger partial charge < -0.3 is 4.74 Å². The molecule has 0 atom stereocenters. The van der Waals surface area contributed by atoms with E-state index < -0.39 is 0 Å². The molecule has 4 rings (SSSR count). The summed E-state index contributed by atoms with van der Waals surface area (Å²) in [5, 5.41) is 0.881. The van der Waals surface area contributed by atoms with Crippen molar-refractivity contribution in [3.8, 4) is 11.4 Å². The van der Waals surface area contributed by atoms with Crippen LogP contribution in [-0.4, -0.2) is 21.6 Å². The van der Waals surface area contributed by atoms with Crippen molar-refractivity contribution in [2.75, 3.05) is 7.11 Å². The standard InChI is InChI=1S/C16H10BrN3O2S/c1-22-10-4-2-9(3-5-10)20-8-19-13-12-11(17)6-7-18-15(12)23-14(13)16(20)21/h2-8H,1H3. The molecule has 0 aliphatic heterocycles. The number of nitrogens with zero attached hydrogens (tertiary/aromatic N) is 3. The molecule has 0 unspecified atom stereocenters. The van der Waals surface area contributed by atoms with Crippen LogP contribution in [0.1, 0.15) is 0 Å². The van der Waals surface area contributed by atoms with Crippen LogP contribution in [0.15, 0.2) is 52.1 Å². The van der Waals surface area contributed by atoms with E-state index in [1.54, 1.807) is 19.6 Å². The van der Waals surface area contributed by atoms with E-state index in [4.69, 9.17) is 4.74 Å². The Balaban J connectivity index is 1.99. The largest absolute Gasteiger partial charge is 0.497 e. The molecule has 114 valence electrons. The number of fused-ring (bicyclic) bond motifs is 3. The van der Waals surface area contributed by atoms with E-state index in [0.717, 1.165) is 26.1 Å². The van der Waals surface area contributed by atoms with Crippen LogP contribution in [0.3, 0.4) is 0 Å². The van der Waals surface area contributed by atoms with E-state index in [2.05, 4.69) is 25.9 Å². The van der Waals surface area contributed by atoms with Gasteiger partial charge in [-0.3, -0.25) is 9.36 Å². The van der Waals surface area contributed by atoms with Gasteiger partial charge in [0.25, 0.3) is 5.56 Å². The Hall–Kier alpha value is -2.25. The van der Waals surface area contributed by atoms with Crippen molar-refractivity contribution in [1.29, 1.82) is 0 Å². The maximum Gasteiger partial charge on any atom is 0.275 e. The molecule has 7 heteroatoms. The number of thiophene rings is 1. The highest BCUT2D eigenvalue weighted by atomic mass is 79.9. The Morgan fingerprint density at radius 3 is 2.70 bits per heavy atom. The molecular weight excluding hydrogens is 378 g/mol. The van der Waals surface area contributed by atoms with Crippen LogP contribution < -0.4 is 10.3 Å². The Morgan fingerprint density at radius 2 is 1.96 bits per heavy atom. The summed E-state index contributed by atoms with van der Waals surface area (Å²) in [6, 6.07) is 9.14. The quantitative estimate of drug-likeness (QED) is 0.525. The average molecular weight is 388 g/mol. The summed E-state index contributed by atoms with van der Waals surface area (Å²) in [6.07, 6.45) is 3.27. The molecule has 0 saturated heterocycles. The summed E-state index contributed by atoms with van der Waals surface area (Å²) >= 11 is 4.86. The van der Waals surface area contributed by atoms with Gasteiger partial charge in [0.05, 0.1) is 23.7 Å². The van der Waals surface area contributed by atoms with Crippen LogP contribution in [0.4, 0.5) is 0 Å². The molecule has 0 amide bonds. The first kappa shape index (κ1) is 14.3. The molecule has 0 radical (unpaired) electrons. The third-order valence-electron chi connectivity index (χ3n) is 3.58. The van der Waals surface area contributed by atoms with Crippen molar-refractivity contribution in [3.63, 3.8) is 0 Å². The lowest BCUT2D eigenvalue weighted by Crippen LogP contribution is -2.17. The zero-order chi connectivity index (χ0) is 16.0. The van der Waals surface area contributed by atoms with Gasteiger partial charge in [0.2, 0.25) is 0 Å².